The first-order valence-electron chi connectivity index (χ1n) is 10.4. The van der Waals surface area contributed by atoms with Crippen LogP contribution in [0.4, 0.5) is 4.39 Å². The van der Waals surface area contributed by atoms with Crippen molar-refractivity contribution in [3.05, 3.63) is 100 Å². The fourth-order valence-corrected chi connectivity index (χ4v) is 4.70. The number of hydrogen-bond acceptors (Lipinski definition) is 5. The highest BCUT2D eigenvalue weighted by atomic mass is 32.2. The Balaban J connectivity index is 1.58. The summed E-state index contributed by atoms with van der Waals surface area (Å²) in [5, 5.41) is 2.70. The Hall–Kier alpha value is -3.76. The summed E-state index contributed by atoms with van der Waals surface area (Å²) in [4.78, 5) is 24.6. The SMILES string of the molecule is Cn1c(=O)oc2cc(S(=O)(=O)N[C@@H](Cc3ccccc3)C(=O)NCc3ccc(F)cc3)ccc21. The van der Waals surface area contributed by atoms with Crippen molar-refractivity contribution in [1.82, 2.24) is 14.6 Å². The van der Waals surface area contributed by atoms with Crippen LogP contribution in [0.5, 0.6) is 0 Å². The number of sulfonamides is 1. The number of halogens is 1. The Labute approximate surface area is 195 Å². The first-order valence-corrected chi connectivity index (χ1v) is 11.9. The lowest BCUT2D eigenvalue weighted by Gasteiger charge is -2.19. The van der Waals surface area contributed by atoms with Crippen LogP contribution in [0.3, 0.4) is 0 Å². The van der Waals surface area contributed by atoms with E-state index in [0.717, 1.165) is 5.56 Å². The average molecular weight is 484 g/mol. The number of nitrogens with one attached hydrogen (secondary N) is 2. The smallest absolute Gasteiger partial charge is 0.408 e. The number of nitrogens with zero attached hydrogens (tertiary/aromatic N) is 1. The van der Waals surface area contributed by atoms with Gasteiger partial charge in [0.2, 0.25) is 15.9 Å². The molecule has 0 radical (unpaired) electrons. The zero-order valence-corrected chi connectivity index (χ0v) is 19.0. The van der Waals surface area contributed by atoms with E-state index in [1.807, 2.05) is 6.07 Å². The van der Waals surface area contributed by atoms with E-state index in [1.165, 1.54) is 54.1 Å². The fraction of sp³-hybridized carbons (Fsp3) is 0.167. The summed E-state index contributed by atoms with van der Waals surface area (Å²) in [6, 6.07) is 17.6. The van der Waals surface area contributed by atoms with Gasteiger partial charge in [-0.15, -0.1) is 0 Å². The molecule has 0 unspecified atom stereocenters. The van der Waals surface area contributed by atoms with E-state index < -0.39 is 33.5 Å². The van der Waals surface area contributed by atoms with Crippen molar-refractivity contribution in [1.29, 1.82) is 0 Å². The van der Waals surface area contributed by atoms with Gasteiger partial charge >= 0.3 is 5.76 Å². The highest BCUT2D eigenvalue weighted by Crippen LogP contribution is 2.19. The summed E-state index contributed by atoms with van der Waals surface area (Å²) in [5.74, 6) is -1.54. The Morgan fingerprint density at radius 1 is 1.03 bits per heavy atom. The lowest BCUT2D eigenvalue weighted by Crippen LogP contribution is -2.47. The first-order chi connectivity index (χ1) is 16.2. The van der Waals surface area contributed by atoms with Crippen molar-refractivity contribution in [3.63, 3.8) is 0 Å². The second-order valence-electron chi connectivity index (χ2n) is 7.76. The Bertz CT molecular complexity index is 1480. The van der Waals surface area contributed by atoms with E-state index in [1.54, 1.807) is 24.3 Å². The number of amides is 1. The van der Waals surface area contributed by atoms with Gasteiger partial charge in [0.25, 0.3) is 0 Å². The van der Waals surface area contributed by atoms with Crippen molar-refractivity contribution in [2.45, 2.75) is 23.9 Å². The normalized spacial score (nSPS) is 12.5. The van der Waals surface area contributed by atoms with Gasteiger partial charge in [0.1, 0.15) is 11.9 Å². The highest BCUT2D eigenvalue weighted by Gasteiger charge is 2.27. The van der Waals surface area contributed by atoms with Crippen molar-refractivity contribution >= 4 is 27.0 Å². The van der Waals surface area contributed by atoms with Crippen LogP contribution >= 0.6 is 0 Å². The zero-order valence-electron chi connectivity index (χ0n) is 18.2. The van der Waals surface area contributed by atoms with Crippen LogP contribution in [0, 0.1) is 5.82 Å². The third-order valence-corrected chi connectivity index (χ3v) is 6.82. The average Bonchev–Trinajstić information content (AvgIpc) is 3.11. The van der Waals surface area contributed by atoms with Crippen LogP contribution in [0.1, 0.15) is 11.1 Å². The Morgan fingerprint density at radius 2 is 1.74 bits per heavy atom. The topological polar surface area (TPSA) is 110 Å². The van der Waals surface area contributed by atoms with Crippen molar-refractivity contribution < 1.29 is 22.0 Å². The quantitative estimate of drug-likeness (QED) is 0.400. The summed E-state index contributed by atoms with van der Waals surface area (Å²) >= 11 is 0. The standard InChI is InChI=1S/C24H22FN3O5S/c1-28-21-12-11-19(14-22(21)33-24(28)30)34(31,32)27-20(13-16-5-3-2-4-6-16)23(29)26-15-17-7-9-18(25)10-8-17/h2-12,14,20,27H,13,15H2,1H3,(H,26,29)/t20-/m0/s1. The van der Waals surface area contributed by atoms with Crippen molar-refractivity contribution in [3.8, 4) is 0 Å². The van der Waals surface area contributed by atoms with Crippen LogP contribution in [0.25, 0.3) is 11.1 Å². The third kappa shape index (κ3) is 5.24. The molecular weight excluding hydrogens is 461 g/mol. The minimum atomic E-state index is -4.14. The molecule has 10 heteroatoms. The molecule has 1 heterocycles. The Kier molecular flexibility index (Phi) is 6.62. The number of benzene rings is 3. The Morgan fingerprint density at radius 3 is 2.44 bits per heavy atom. The number of aryl methyl sites for hydroxylation is 1. The molecule has 0 aliphatic heterocycles. The van der Waals surface area contributed by atoms with Gasteiger partial charge in [-0.05, 0) is 41.8 Å². The molecule has 0 saturated carbocycles. The number of carbonyl (C=O) groups excluding carboxylic acids is 1. The summed E-state index contributed by atoms with van der Waals surface area (Å²) in [5.41, 5.74) is 2.00. The van der Waals surface area contributed by atoms with E-state index >= 15 is 0 Å². The van der Waals surface area contributed by atoms with Crippen LogP contribution < -0.4 is 15.8 Å². The minimum Gasteiger partial charge on any atom is -0.408 e. The number of fused-ring (bicyclic) bond motifs is 1. The second-order valence-corrected chi connectivity index (χ2v) is 9.48. The van der Waals surface area contributed by atoms with Crippen LogP contribution in [-0.4, -0.2) is 24.9 Å². The van der Waals surface area contributed by atoms with Gasteiger partial charge in [-0.1, -0.05) is 42.5 Å². The molecule has 0 bridgehead atoms. The van der Waals surface area contributed by atoms with E-state index in [4.69, 9.17) is 4.42 Å². The van der Waals surface area contributed by atoms with Gasteiger partial charge < -0.3 is 9.73 Å². The molecule has 0 saturated heterocycles. The summed E-state index contributed by atoms with van der Waals surface area (Å²) in [7, 11) is -2.62. The number of rotatable bonds is 8. The predicted octanol–water partition coefficient (Wildman–Crippen LogP) is 2.48. The molecule has 1 amide bonds. The number of carbonyl (C=O) groups is 1. The molecule has 3 aromatic carbocycles. The third-order valence-electron chi connectivity index (χ3n) is 5.35. The molecule has 0 aliphatic rings. The minimum absolute atomic E-state index is 0.104. The van der Waals surface area contributed by atoms with Crippen molar-refractivity contribution in [2.75, 3.05) is 0 Å². The van der Waals surface area contributed by atoms with Gasteiger partial charge in [-0.3, -0.25) is 9.36 Å². The second kappa shape index (κ2) is 9.62. The largest absolute Gasteiger partial charge is 0.419 e. The van der Waals surface area contributed by atoms with Gasteiger partial charge in [0.15, 0.2) is 5.58 Å². The summed E-state index contributed by atoms with van der Waals surface area (Å²) < 4.78 is 48.2. The molecule has 0 spiro atoms. The van der Waals surface area contributed by atoms with Crippen LogP contribution in [0.15, 0.2) is 86.9 Å². The lowest BCUT2D eigenvalue weighted by atomic mass is 10.1. The highest BCUT2D eigenvalue weighted by molar-refractivity contribution is 7.89. The molecule has 1 atom stereocenters. The van der Waals surface area contributed by atoms with E-state index in [9.17, 15) is 22.4 Å². The van der Waals surface area contributed by atoms with Gasteiger partial charge in [0.05, 0.1) is 10.4 Å². The van der Waals surface area contributed by atoms with Gasteiger partial charge in [-0.2, -0.15) is 4.72 Å². The molecule has 34 heavy (non-hydrogen) atoms. The van der Waals surface area contributed by atoms with E-state index in [0.29, 0.717) is 11.1 Å². The number of hydrogen-bond donors (Lipinski definition) is 2. The van der Waals surface area contributed by atoms with Crippen molar-refractivity contribution in [2.24, 2.45) is 7.05 Å². The van der Waals surface area contributed by atoms with E-state index in [2.05, 4.69) is 10.0 Å². The lowest BCUT2D eigenvalue weighted by molar-refractivity contribution is -0.122. The molecule has 0 fully saturated rings. The maximum atomic E-state index is 13.1. The molecule has 4 aromatic rings. The van der Waals surface area contributed by atoms with E-state index in [-0.39, 0.29) is 23.4 Å². The molecule has 0 aliphatic carbocycles. The molecular formula is C24H22FN3O5S. The van der Waals surface area contributed by atoms with Gasteiger partial charge in [0, 0.05) is 19.7 Å². The van der Waals surface area contributed by atoms with Gasteiger partial charge in [-0.25, -0.2) is 17.6 Å². The maximum absolute atomic E-state index is 13.1. The molecule has 176 valence electrons. The molecule has 1 aromatic heterocycles. The first kappa shape index (κ1) is 23.4. The monoisotopic (exact) mass is 483 g/mol. The molecule has 8 nitrogen and oxygen atoms in total. The van der Waals surface area contributed by atoms with Crippen LogP contribution in [0.2, 0.25) is 0 Å². The number of oxazole rings is 1. The number of aromatic nitrogens is 1. The molecule has 2 N–H and O–H groups in total. The summed E-state index contributed by atoms with van der Waals surface area (Å²) in [6.45, 7) is 0.104. The fourth-order valence-electron chi connectivity index (χ4n) is 3.49. The zero-order chi connectivity index (χ0) is 24.3. The molecule has 4 rings (SSSR count). The predicted molar refractivity (Wildman–Crippen MR) is 124 cm³/mol. The maximum Gasteiger partial charge on any atom is 0.419 e. The van der Waals surface area contributed by atoms with Crippen LogP contribution in [-0.2, 0) is 34.8 Å². The summed E-state index contributed by atoms with van der Waals surface area (Å²) in [6.07, 6.45) is 0.109.